The first-order valence-corrected chi connectivity index (χ1v) is 13.2. The Kier molecular flexibility index (Phi) is 7.95. The first-order valence-electron chi connectivity index (χ1n) is 11.4. The molecule has 2 saturated heterocycles. The van der Waals surface area contributed by atoms with Crippen LogP contribution in [0.2, 0.25) is 5.02 Å². The van der Waals surface area contributed by atoms with Gasteiger partial charge in [0.2, 0.25) is 15.9 Å². The molecule has 190 valence electrons. The molecule has 2 aromatic carbocycles. The highest BCUT2D eigenvalue weighted by atomic mass is 35.5. The number of carbonyl (C=O) groups excluding carboxylic acids is 1. The van der Waals surface area contributed by atoms with Gasteiger partial charge < -0.3 is 14.4 Å². The third-order valence-corrected chi connectivity index (χ3v) is 8.54. The van der Waals surface area contributed by atoms with E-state index in [4.69, 9.17) is 21.1 Å². The maximum Gasteiger partial charge on any atom is 0.248 e. The molecule has 0 bridgehead atoms. The van der Waals surface area contributed by atoms with Crippen LogP contribution in [0, 0.1) is 17.0 Å². The van der Waals surface area contributed by atoms with E-state index in [9.17, 15) is 22.0 Å². The van der Waals surface area contributed by atoms with Crippen molar-refractivity contribution >= 4 is 27.5 Å². The number of carbonyl (C=O) groups is 1. The summed E-state index contributed by atoms with van der Waals surface area (Å²) in [6.07, 6.45) is 0.963. The molecule has 2 aromatic rings. The summed E-state index contributed by atoms with van der Waals surface area (Å²) in [6.45, 7) is 1.82. The van der Waals surface area contributed by atoms with Crippen LogP contribution in [0.1, 0.15) is 19.3 Å². The molecule has 2 fully saturated rings. The summed E-state index contributed by atoms with van der Waals surface area (Å²) in [6, 6.07) is 9.66. The number of amides is 1. The van der Waals surface area contributed by atoms with Crippen molar-refractivity contribution in [1.82, 2.24) is 9.21 Å². The molecule has 0 N–H and O–H groups in total. The van der Waals surface area contributed by atoms with E-state index in [1.807, 2.05) is 0 Å². The van der Waals surface area contributed by atoms with Gasteiger partial charge in [0.25, 0.3) is 0 Å². The van der Waals surface area contributed by atoms with Crippen LogP contribution in [0.25, 0.3) is 0 Å². The van der Waals surface area contributed by atoms with Gasteiger partial charge in [-0.2, -0.15) is 4.31 Å². The lowest BCUT2D eigenvalue weighted by Gasteiger charge is -2.42. The maximum atomic E-state index is 14.4. The molecule has 35 heavy (non-hydrogen) atoms. The van der Waals surface area contributed by atoms with Gasteiger partial charge >= 0.3 is 0 Å². The monoisotopic (exact) mass is 528 g/mol. The van der Waals surface area contributed by atoms with Gasteiger partial charge in [-0.3, -0.25) is 4.79 Å². The van der Waals surface area contributed by atoms with E-state index in [-0.39, 0.29) is 32.0 Å². The molecule has 0 saturated carbocycles. The van der Waals surface area contributed by atoms with Crippen LogP contribution < -0.4 is 4.74 Å². The second-order valence-electron chi connectivity index (χ2n) is 8.91. The number of rotatable bonds is 7. The molecule has 2 heterocycles. The molecule has 0 spiro atoms. The van der Waals surface area contributed by atoms with Gasteiger partial charge in [0, 0.05) is 43.0 Å². The minimum atomic E-state index is -4.48. The Balaban J connectivity index is 1.61. The van der Waals surface area contributed by atoms with E-state index in [0.29, 0.717) is 49.9 Å². The van der Waals surface area contributed by atoms with Gasteiger partial charge in [-0.15, -0.1) is 0 Å². The number of nitrogens with zero attached hydrogens (tertiary/aromatic N) is 2. The van der Waals surface area contributed by atoms with Crippen LogP contribution in [-0.4, -0.2) is 69.5 Å². The van der Waals surface area contributed by atoms with Crippen LogP contribution in [-0.2, 0) is 19.6 Å². The smallest absolute Gasteiger partial charge is 0.248 e. The minimum Gasteiger partial charge on any atom is -0.493 e. The standard InChI is InChI=1S/C24H27ClF2N2O5S/c25-18-5-7-19(8-6-18)34-17-24(15-22(30)28-11-13-33-14-12-28)9-2-10-29(16-24)35(31,32)23-20(26)3-1-4-21(23)27/h1,3-8H,2,9-17H2/t24-/m0/s1. The minimum absolute atomic E-state index is 0.0341. The van der Waals surface area contributed by atoms with Crippen molar-refractivity contribution in [2.24, 2.45) is 5.41 Å². The molecule has 2 aliphatic heterocycles. The zero-order chi connectivity index (χ0) is 25.1. The van der Waals surface area contributed by atoms with Crippen molar-refractivity contribution in [3.05, 3.63) is 59.1 Å². The Morgan fingerprint density at radius 2 is 1.71 bits per heavy atom. The molecule has 0 aromatic heterocycles. The number of benzene rings is 2. The predicted molar refractivity (Wildman–Crippen MR) is 126 cm³/mol. The lowest BCUT2D eigenvalue weighted by molar-refractivity contribution is -0.139. The summed E-state index contributed by atoms with van der Waals surface area (Å²) >= 11 is 5.95. The quantitative estimate of drug-likeness (QED) is 0.547. The number of piperidine rings is 1. The number of hydrogen-bond acceptors (Lipinski definition) is 5. The summed E-state index contributed by atoms with van der Waals surface area (Å²) in [5.41, 5.74) is -0.887. The molecule has 0 aliphatic carbocycles. The van der Waals surface area contributed by atoms with Gasteiger partial charge in [-0.25, -0.2) is 17.2 Å². The topological polar surface area (TPSA) is 76.2 Å². The number of halogens is 3. The first kappa shape index (κ1) is 25.8. The summed E-state index contributed by atoms with van der Waals surface area (Å²) in [7, 11) is -4.48. The van der Waals surface area contributed by atoms with Gasteiger partial charge in [0.15, 0.2) is 4.90 Å². The fourth-order valence-electron chi connectivity index (χ4n) is 4.55. The maximum absolute atomic E-state index is 14.4. The van der Waals surface area contributed by atoms with E-state index >= 15 is 0 Å². The number of morpholine rings is 1. The summed E-state index contributed by atoms with van der Waals surface area (Å²) in [4.78, 5) is 13.9. The van der Waals surface area contributed by atoms with Crippen molar-refractivity contribution in [2.75, 3.05) is 46.0 Å². The Morgan fingerprint density at radius 3 is 2.37 bits per heavy atom. The fraction of sp³-hybridized carbons (Fsp3) is 0.458. The average molecular weight is 529 g/mol. The van der Waals surface area contributed by atoms with Crippen molar-refractivity contribution in [3.63, 3.8) is 0 Å². The number of hydrogen-bond donors (Lipinski definition) is 0. The second-order valence-corrected chi connectivity index (χ2v) is 11.2. The fourth-order valence-corrected chi connectivity index (χ4v) is 6.38. The second kappa shape index (κ2) is 10.8. The Hall–Kier alpha value is -2.27. The van der Waals surface area contributed by atoms with E-state index in [1.54, 1.807) is 29.2 Å². The highest BCUT2D eigenvalue weighted by Gasteiger charge is 2.44. The van der Waals surface area contributed by atoms with Crippen molar-refractivity contribution in [3.8, 4) is 5.75 Å². The average Bonchev–Trinajstić information content (AvgIpc) is 2.84. The van der Waals surface area contributed by atoms with Gasteiger partial charge in [-0.05, 0) is 49.2 Å². The normalized spacial score (nSPS) is 21.6. The molecule has 11 heteroatoms. The molecule has 0 radical (unpaired) electrons. The molecule has 1 amide bonds. The van der Waals surface area contributed by atoms with Crippen LogP contribution in [0.4, 0.5) is 8.78 Å². The summed E-state index contributed by atoms with van der Waals surface area (Å²) in [5.74, 6) is -1.91. The zero-order valence-electron chi connectivity index (χ0n) is 19.1. The lowest BCUT2D eigenvalue weighted by atomic mass is 9.78. The molecular weight excluding hydrogens is 502 g/mol. The van der Waals surface area contributed by atoms with Crippen LogP contribution in [0.5, 0.6) is 5.75 Å². The molecule has 7 nitrogen and oxygen atoms in total. The van der Waals surface area contributed by atoms with Crippen molar-refractivity contribution < 1.29 is 31.5 Å². The molecule has 4 rings (SSSR count). The van der Waals surface area contributed by atoms with Crippen LogP contribution in [0.3, 0.4) is 0 Å². The molecule has 1 atom stereocenters. The third-order valence-electron chi connectivity index (χ3n) is 6.39. The van der Waals surface area contributed by atoms with E-state index in [1.165, 1.54) is 0 Å². The van der Waals surface area contributed by atoms with Crippen LogP contribution in [0.15, 0.2) is 47.4 Å². The SMILES string of the molecule is O=C(C[C@@]1(COc2ccc(Cl)cc2)CCCN(S(=O)(=O)c2c(F)cccc2F)C1)N1CCOCC1. The zero-order valence-corrected chi connectivity index (χ0v) is 20.7. The Morgan fingerprint density at radius 1 is 1.06 bits per heavy atom. The van der Waals surface area contributed by atoms with E-state index in [0.717, 1.165) is 22.5 Å². The predicted octanol–water partition coefficient (Wildman–Crippen LogP) is 3.72. The van der Waals surface area contributed by atoms with Gasteiger partial charge in [0.05, 0.1) is 19.8 Å². The highest BCUT2D eigenvalue weighted by Crippen LogP contribution is 2.38. The Labute approximate surface area is 208 Å². The van der Waals surface area contributed by atoms with Gasteiger partial charge in [0.1, 0.15) is 17.4 Å². The number of sulfonamides is 1. The number of ether oxygens (including phenoxy) is 2. The molecule has 2 aliphatic rings. The van der Waals surface area contributed by atoms with Crippen LogP contribution >= 0.6 is 11.6 Å². The van der Waals surface area contributed by atoms with E-state index in [2.05, 4.69) is 0 Å². The molecular formula is C24H27ClF2N2O5S. The largest absolute Gasteiger partial charge is 0.493 e. The summed E-state index contributed by atoms with van der Waals surface area (Å²) < 4.78 is 67.8. The summed E-state index contributed by atoms with van der Waals surface area (Å²) in [5, 5.41) is 0.538. The third kappa shape index (κ3) is 5.94. The van der Waals surface area contributed by atoms with Crippen molar-refractivity contribution in [2.45, 2.75) is 24.2 Å². The Bertz CT molecular complexity index is 1140. The first-order chi connectivity index (χ1) is 16.7. The molecule has 0 unspecified atom stereocenters. The van der Waals surface area contributed by atoms with Gasteiger partial charge in [-0.1, -0.05) is 17.7 Å². The van der Waals surface area contributed by atoms with Crippen molar-refractivity contribution in [1.29, 1.82) is 0 Å². The van der Waals surface area contributed by atoms with E-state index < -0.39 is 32.0 Å². The lowest BCUT2D eigenvalue weighted by Crippen LogP contribution is -2.52. The highest BCUT2D eigenvalue weighted by molar-refractivity contribution is 7.89.